The number of rotatable bonds is 6. The number of hydrogen-bond acceptors (Lipinski definition) is 4. The van der Waals surface area contributed by atoms with E-state index >= 15 is 0 Å². The van der Waals surface area contributed by atoms with Crippen LogP contribution in [0.2, 0.25) is 0 Å². The van der Waals surface area contributed by atoms with Crippen molar-refractivity contribution in [2.75, 3.05) is 39.8 Å². The third-order valence-corrected chi connectivity index (χ3v) is 2.69. The number of amides is 2. The number of aliphatic carboxylic acids is 1. The number of carboxylic acids is 1. The van der Waals surface area contributed by atoms with Crippen molar-refractivity contribution in [2.45, 2.75) is 18.9 Å². The largest absolute Gasteiger partial charge is 0.481 e. The monoisotopic (exact) mass is 259 g/mol. The molecule has 1 atom stereocenters. The highest BCUT2D eigenvalue weighted by molar-refractivity contribution is 5.73. The minimum atomic E-state index is -0.851. The van der Waals surface area contributed by atoms with Gasteiger partial charge in [0, 0.05) is 32.6 Å². The predicted molar refractivity (Wildman–Crippen MR) is 65.5 cm³/mol. The molecule has 0 aromatic carbocycles. The molecule has 104 valence electrons. The molecule has 0 radical (unpaired) electrons. The number of morpholine rings is 1. The zero-order valence-electron chi connectivity index (χ0n) is 10.6. The molecular formula is C11H21N3O4. The Kier molecular flexibility index (Phi) is 6.45. The van der Waals surface area contributed by atoms with Crippen LogP contribution in [-0.2, 0) is 9.53 Å². The third kappa shape index (κ3) is 6.41. The molecule has 1 unspecified atom stereocenters. The maximum atomic E-state index is 11.4. The molecule has 3 N–H and O–H groups in total. The van der Waals surface area contributed by atoms with Crippen LogP contribution in [0.25, 0.3) is 0 Å². The highest BCUT2D eigenvalue weighted by atomic mass is 16.5. The summed E-state index contributed by atoms with van der Waals surface area (Å²) in [6.07, 6.45) is 0.524. The molecule has 1 fully saturated rings. The van der Waals surface area contributed by atoms with Gasteiger partial charge in [0.15, 0.2) is 0 Å². The maximum Gasteiger partial charge on any atom is 0.314 e. The third-order valence-electron chi connectivity index (χ3n) is 2.69. The van der Waals surface area contributed by atoms with Crippen molar-refractivity contribution < 1.29 is 19.4 Å². The lowest BCUT2D eigenvalue weighted by Crippen LogP contribution is -2.47. The molecule has 7 heteroatoms. The summed E-state index contributed by atoms with van der Waals surface area (Å²) in [4.78, 5) is 23.8. The molecule has 1 heterocycles. The van der Waals surface area contributed by atoms with E-state index in [1.165, 1.54) is 0 Å². The lowest BCUT2D eigenvalue weighted by Gasteiger charge is -2.30. The number of carbonyl (C=O) groups excluding carboxylic acids is 1. The van der Waals surface area contributed by atoms with Crippen LogP contribution in [0, 0.1) is 0 Å². The molecular weight excluding hydrogens is 238 g/mol. The number of carboxylic acid groups (broad SMARTS) is 1. The van der Waals surface area contributed by atoms with Gasteiger partial charge in [-0.2, -0.15) is 0 Å². The normalized spacial score (nSPS) is 20.4. The number of urea groups is 1. The van der Waals surface area contributed by atoms with Crippen LogP contribution in [0.5, 0.6) is 0 Å². The molecule has 0 aromatic heterocycles. The maximum absolute atomic E-state index is 11.4. The summed E-state index contributed by atoms with van der Waals surface area (Å²) in [5.41, 5.74) is 0. The summed E-state index contributed by atoms with van der Waals surface area (Å²) in [5, 5.41) is 13.7. The Morgan fingerprint density at radius 2 is 2.22 bits per heavy atom. The van der Waals surface area contributed by atoms with Crippen LogP contribution < -0.4 is 10.6 Å². The number of ether oxygens (including phenoxy) is 1. The van der Waals surface area contributed by atoms with Gasteiger partial charge in [0.2, 0.25) is 0 Å². The van der Waals surface area contributed by atoms with Crippen molar-refractivity contribution in [1.82, 2.24) is 15.5 Å². The second-order valence-corrected chi connectivity index (χ2v) is 4.39. The van der Waals surface area contributed by atoms with Crippen molar-refractivity contribution in [3.8, 4) is 0 Å². The predicted octanol–water partition coefficient (Wildman–Crippen LogP) is -0.519. The first-order chi connectivity index (χ1) is 8.58. The van der Waals surface area contributed by atoms with Crippen LogP contribution in [0.3, 0.4) is 0 Å². The van der Waals surface area contributed by atoms with Gasteiger partial charge in [0.25, 0.3) is 0 Å². The lowest BCUT2D eigenvalue weighted by molar-refractivity contribution is -0.137. The highest BCUT2D eigenvalue weighted by Gasteiger charge is 2.17. The number of hydrogen-bond donors (Lipinski definition) is 3. The van der Waals surface area contributed by atoms with Crippen molar-refractivity contribution in [3.05, 3.63) is 0 Å². The molecule has 18 heavy (non-hydrogen) atoms. The Hall–Kier alpha value is -1.34. The summed E-state index contributed by atoms with van der Waals surface area (Å²) in [7, 11) is 2.02. The zero-order chi connectivity index (χ0) is 13.4. The summed E-state index contributed by atoms with van der Waals surface area (Å²) < 4.78 is 5.49. The molecule has 1 rings (SSSR count). The Balaban J connectivity index is 2.04. The van der Waals surface area contributed by atoms with E-state index in [9.17, 15) is 9.59 Å². The Bertz CT molecular complexity index is 285. The van der Waals surface area contributed by atoms with Crippen LogP contribution in [0.4, 0.5) is 4.79 Å². The Morgan fingerprint density at radius 3 is 2.89 bits per heavy atom. The van der Waals surface area contributed by atoms with Crippen molar-refractivity contribution in [3.63, 3.8) is 0 Å². The lowest BCUT2D eigenvalue weighted by atomic mass is 10.3. The van der Waals surface area contributed by atoms with Gasteiger partial charge in [-0.15, -0.1) is 0 Å². The minimum absolute atomic E-state index is 0.0218. The van der Waals surface area contributed by atoms with Crippen molar-refractivity contribution in [1.29, 1.82) is 0 Å². The average molecular weight is 259 g/mol. The van der Waals surface area contributed by atoms with E-state index in [2.05, 4.69) is 15.5 Å². The molecule has 1 aliphatic rings. The second kappa shape index (κ2) is 7.88. The first-order valence-corrected chi connectivity index (χ1v) is 6.11. The molecule has 0 saturated carbocycles. The summed E-state index contributed by atoms with van der Waals surface area (Å²) >= 11 is 0. The van der Waals surface area contributed by atoms with Gasteiger partial charge < -0.3 is 25.4 Å². The number of likely N-dealkylation sites (N-methyl/N-ethyl adjacent to an activating group) is 1. The first-order valence-electron chi connectivity index (χ1n) is 6.11. The molecule has 0 spiro atoms. The molecule has 7 nitrogen and oxygen atoms in total. The zero-order valence-corrected chi connectivity index (χ0v) is 10.6. The molecule has 2 amide bonds. The van der Waals surface area contributed by atoms with Gasteiger partial charge in [-0.1, -0.05) is 0 Å². The van der Waals surface area contributed by atoms with Crippen LogP contribution >= 0.6 is 0 Å². The molecule has 1 aliphatic heterocycles. The van der Waals surface area contributed by atoms with Gasteiger partial charge >= 0.3 is 12.0 Å². The van der Waals surface area contributed by atoms with Gasteiger partial charge in [-0.05, 0) is 13.5 Å². The highest BCUT2D eigenvalue weighted by Crippen LogP contribution is 2.01. The fourth-order valence-corrected chi connectivity index (χ4v) is 1.70. The second-order valence-electron chi connectivity index (χ2n) is 4.39. The molecule has 0 aliphatic carbocycles. The first kappa shape index (κ1) is 14.7. The summed E-state index contributed by atoms with van der Waals surface area (Å²) in [6, 6.07) is -0.280. The fourth-order valence-electron chi connectivity index (χ4n) is 1.70. The Morgan fingerprint density at radius 1 is 1.44 bits per heavy atom. The van der Waals surface area contributed by atoms with Gasteiger partial charge in [0.1, 0.15) is 0 Å². The van der Waals surface area contributed by atoms with Crippen molar-refractivity contribution in [2.24, 2.45) is 0 Å². The average Bonchev–Trinajstić information content (AvgIpc) is 2.32. The van der Waals surface area contributed by atoms with E-state index in [4.69, 9.17) is 9.84 Å². The van der Waals surface area contributed by atoms with Crippen LogP contribution in [-0.4, -0.2) is 67.9 Å². The van der Waals surface area contributed by atoms with Crippen molar-refractivity contribution >= 4 is 12.0 Å². The topological polar surface area (TPSA) is 90.9 Å². The van der Waals surface area contributed by atoms with Gasteiger partial charge in [-0.25, -0.2) is 4.79 Å². The standard InChI is InChI=1S/C11H21N3O4/c1-14-5-6-18-9(8-14)7-13-11(17)12-4-2-3-10(15)16/h9H,2-8H2,1H3,(H,15,16)(H2,12,13,17). The van der Waals surface area contributed by atoms with E-state index in [1.54, 1.807) is 0 Å². The smallest absolute Gasteiger partial charge is 0.314 e. The van der Waals surface area contributed by atoms with Gasteiger partial charge in [0.05, 0.1) is 12.7 Å². The summed E-state index contributed by atoms with van der Waals surface area (Å²) in [6.45, 7) is 3.24. The van der Waals surface area contributed by atoms with E-state index < -0.39 is 5.97 Å². The Labute approximate surface area is 106 Å². The minimum Gasteiger partial charge on any atom is -0.481 e. The molecule has 0 aromatic rings. The number of carbonyl (C=O) groups is 2. The molecule has 0 bridgehead atoms. The number of nitrogens with one attached hydrogen (secondary N) is 2. The fraction of sp³-hybridized carbons (Fsp3) is 0.818. The van der Waals surface area contributed by atoms with Crippen LogP contribution in [0.15, 0.2) is 0 Å². The van der Waals surface area contributed by atoms with Crippen LogP contribution in [0.1, 0.15) is 12.8 Å². The van der Waals surface area contributed by atoms with E-state index in [0.29, 0.717) is 26.1 Å². The quantitative estimate of drug-likeness (QED) is 0.558. The number of nitrogens with zero attached hydrogens (tertiary/aromatic N) is 1. The van der Waals surface area contributed by atoms with E-state index in [0.717, 1.165) is 13.1 Å². The van der Waals surface area contributed by atoms with E-state index in [1.807, 2.05) is 7.05 Å². The SMILES string of the molecule is CN1CCOC(CNC(=O)NCCCC(=O)O)C1. The van der Waals surface area contributed by atoms with E-state index in [-0.39, 0.29) is 18.6 Å². The van der Waals surface area contributed by atoms with Gasteiger partial charge in [-0.3, -0.25) is 4.79 Å². The summed E-state index contributed by atoms with van der Waals surface area (Å²) in [5.74, 6) is -0.851. The molecule has 1 saturated heterocycles.